The SMILES string of the molecule is CN=C(NCCCCN1CCCC1)NCCC(C)c1ccc(OC)cc1.I. The minimum atomic E-state index is 0. The molecule has 0 aromatic heterocycles. The molecule has 6 heteroatoms. The normalized spacial score (nSPS) is 15.9. The molecule has 1 unspecified atom stereocenters. The third-order valence-corrected chi connectivity index (χ3v) is 5.17. The highest BCUT2D eigenvalue weighted by Crippen LogP contribution is 2.21. The van der Waals surface area contributed by atoms with Crippen LogP contribution in [0.5, 0.6) is 5.75 Å². The number of hydrogen-bond acceptors (Lipinski definition) is 3. The van der Waals surface area contributed by atoms with Gasteiger partial charge >= 0.3 is 0 Å². The molecule has 0 saturated carbocycles. The third kappa shape index (κ3) is 9.14. The van der Waals surface area contributed by atoms with E-state index in [2.05, 4.69) is 39.6 Å². The van der Waals surface area contributed by atoms with E-state index in [4.69, 9.17) is 4.74 Å². The highest BCUT2D eigenvalue weighted by molar-refractivity contribution is 14.0. The van der Waals surface area contributed by atoms with Crippen molar-refractivity contribution in [3.63, 3.8) is 0 Å². The molecule has 0 spiro atoms. The van der Waals surface area contributed by atoms with Crippen molar-refractivity contribution in [3.05, 3.63) is 29.8 Å². The van der Waals surface area contributed by atoms with E-state index in [9.17, 15) is 0 Å². The molecule has 0 aliphatic carbocycles. The van der Waals surface area contributed by atoms with Crippen molar-refractivity contribution < 1.29 is 4.74 Å². The monoisotopic (exact) mass is 488 g/mol. The lowest BCUT2D eigenvalue weighted by Gasteiger charge is -2.16. The Balaban J connectivity index is 0.00000364. The van der Waals surface area contributed by atoms with E-state index in [1.807, 2.05) is 19.2 Å². The average Bonchev–Trinajstić information content (AvgIpc) is 3.19. The molecule has 1 aliphatic heterocycles. The summed E-state index contributed by atoms with van der Waals surface area (Å²) < 4.78 is 5.22. The zero-order valence-electron chi connectivity index (χ0n) is 17.2. The molecular formula is C21H37IN4O. The first-order valence-electron chi connectivity index (χ1n) is 10.0. The number of benzene rings is 1. The van der Waals surface area contributed by atoms with Gasteiger partial charge in [-0.1, -0.05) is 19.1 Å². The zero-order chi connectivity index (χ0) is 18.6. The van der Waals surface area contributed by atoms with Crippen molar-refractivity contribution in [1.82, 2.24) is 15.5 Å². The fraction of sp³-hybridized carbons (Fsp3) is 0.667. The summed E-state index contributed by atoms with van der Waals surface area (Å²) in [6.07, 6.45) is 6.29. The molecule has 1 aromatic rings. The van der Waals surface area contributed by atoms with Gasteiger partial charge < -0.3 is 20.3 Å². The Morgan fingerprint density at radius 1 is 1.11 bits per heavy atom. The predicted molar refractivity (Wildman–Crippen MR) is 126 cm³/mol. The van der Waals surface area contributed by atoms with E-state index < -0.39 is 0 Å². The van der Waals surface area contributed by atoms with Gasteiger partial charge in [-0.05, 0) is 75.4 Å². The first-order valence-corrected chi connectivity index (χ1v) is 10.0. The van der Waals surface area contributed by atoms with E-state index in [1.165, 1.54) is 50.9 Å². The maximum atomic E-state index is 5.22. The number of rotatable bonds is 10. The molecule has 5 nitrogen and oxygen atoms in total. The minimum absolute atomic E-state index is 0. The lowest BCUT2D eigenvalue weighted by molar-refractivity contribution is 0.330. The number of unbranched alkanes of at least 4 members (excludes halogenated alkanes) is 1. The molecule has 0 bridgehead atoms. The Bertz CT molecular complexity index is 529. The molecule has 0 amide bonds. The van der Waals surface area contributed by atoms with Gasteiger partial charge in [0, 0.05) is 20.1 Å². The highest BCUT2D eigenvalue weighted by Gasteiger charge is 2.10. The number of methoxy groups -OCH3 is 1. The Hall–Kier alpha value is -1.02. The smallest absolute Gasteiger partial charge is 0.190 e. The molecule has 1 fully saturated rings. The van der Waals surface area contributed by atoms with Gasteiger partial charge in [-0.25, -0.2) is 0 Å². The summed E-state index contributed by atoms with van der Waals surface area (Å²) in [5, 5.41) is 6.86. The Labute approximate surface area is 182 Å². The fourth-order valence-corrected chi connectivity index (χ4v) is 3.40. The van der Waals surface area contributed by atoms with Gasteiger partial charge in [0.15, 0.2) is 5.96 Å². The summed E-state index contributed by atoms with van der Waals surface area (Å²) in [5.74, 6) is 2.33. The van der Waals surface area contributed by atoms with E-state index >= 15 is 0 Å². The standard InChI is InChI=1S/C21H36N4O.HI/c1-18(19-8-10-20(26-3)11-9-19)12-14-24-21(22-2)23-13-4-5-15-25-16-6-7-17-25;/h8-11,18H,4-7,12-17H2,1-3H3,(H2,22,23,24);1H. The van der Waals surface area contributed by atoms with Crippen LogP contribution < -0.4 is 15.4 Å². The average molecular weight is 488 g/mol. The van der Waals surface area contributed by atoms with Crippen LogP contribution in [-0.4, -0.2) is 57.7 Å². The summed E-state index contributed by atoms with van der Waals surface area (Å²) in [7, 11) is 3.54. The molecule has 1 atom stereocenters. The number of likely N-dealkylation sites (tertiary alicyclic amines) is 1. The third-order valence-electron chi connectivity index (χ3n) is 5.17. The quantitative estimate of drug-likeness (QED) is 0.228. The molecule has 1 aliphatic rings. The van der Waals surface area contributed by atoms with Crippen LogP contribution in [0.4, 0.5) is 0 Å². The highest BCUT2D eigenvalue weighted by atomic mass is 127. The van der Waals surface area contributed by atoms with Crippen LogP contribution in [0.2, 0.25) is 0 Å². The number of hydrogen-bond donors (Lipinski definition) is 2. The first-order chi connectivity index (χ1) is 12.7. The molecule has 0 radical (unpaired) electrons. The largest absolute Gasteiger partial charge is 0.497 e. The number of ether oxygens (including phenoxy) is 1. The minimum Gasteiger partial charge on any atom is -0.497 e. The van der Waals surface area contributed by atoms with E-state index in [1.54, 1.807) is 7.11 Å². The molecule has 2 N–H and O–H groups in total. The van der Waals surface area contributed by atoms with Gasteiger partial charge in [-0.15, -0.1) is 24.0 Å². The van der Waals surface area contributed by atoms with Gasteiger partial charge in [-0.2, -0.15) is 0 Å². The van der Waals surface area contributed by atoms with Crippen LogP contribution in [0.1, 0.15) is 50.5 Å². The molecule has 2 rings (SSSR count). The summed E-state index contributed by atoms with van der Waals surface area (Å²) in [4.78, 5) is 6.90. The molecular weight excluding hydrogens is 451 g/mol. The maximum absolute atomic E-state index is 5.22. The summed E-state index contributed by atoms with van der Waals surface area (Å²) in [5.41, 5.74) is 1.34. The van der Waals surface area contributed by atoms with Gasteiger partial charge in [0.1, 0.15) is 5.75 Å². The number of nitrogens with zero attached hydrogens (tertiary/aromatic N) is 2. The molecule has 154 valence electrons. The summed E-state index contributed by atoms with van der Waals surface area (Å²) in [6.45, 7) is 8.00. The first kappa shape index (κ1) is 24.0. The van der Waals surface area contributed by atoms with Crippen LogP contribution in [0.3, 0.4) is 0 Å². The second-order valence-corrected chi connectivity index (χ2v) is 7.14. The topological polar surface area (TPSA) is 48.9 Å². The van der Waals surface area contributed by atoms with Crippen LogP contribution in [0, 0.1) is 0 Å². The Morgan fingerprint density at radius 3 is 2.41 bits per heavy atom. The van der Waals surface area contributed by atoms with Gasteiger partial charge in [-0.3, -0.25) is 4.99 Å². The summed E-state index contributed by atoms with van der Waals surface area (Å²) in [6, 6.07) is 8.36. The van der Waals surface area contributed by atoms with Gasteiger partial charge in [0.25, 0.3) is 0 Å². The van der Waals surface area contributed by atoms with Crippen molar-refractivity contribution in [3.8, 4) is 5.75 Å². The van der Waals surface area contributed by atoms with Crippen LogP contribution in [0.25, 0.3) is 0 Å². The fourth-order valence-electron chi connectivity index (χ4n) is 3.40. The van der Waals surface area contributed by atoms with E-state index in [0.717, 1.165) is 31.2 Å². The van der Waals surface area contributed by atoms with Gasteiger partial charge in [0.05, 0.1) is 7.11 Å². The van der Waals surface area contributed by atoms with Crippen LogP contribution in [-0.2, 0) is 0 Å². The zero-order valence-corrected chi connectivity index (χ0v) is 19.5. The molecule has 1 aromatic carbocycles. The van der Waals surface area contributed by atoms with Crippen molar-refractivity contribution in [2.45, 2.75) is 44.9 Å². The maximum Gasteiger partial charge on any atom is 0.190 e. The van der Waals surface area contributed by atoms with Crippen molar-refractivity contribution in [1.29, 1.82) is 0 Å². The van der Waals surface area contributed by atoms with Crippen molar-refractivity contribution >= 4 is 29.9 Å². The summed E-state index contributed by atoms with van der Waals surface area (Å²) >= 11 is 0. The lowest BCUT2D eigenvalue weighted by atomic mass is 9.98. The van der Waals surface area contributed by atoms with E-state index in [0.29, 0.717) is 5.92 Å². The number of nitrogens with one attached hydrogen (secondary N) is 2. The number of aliphatic imine (C=N–C) groups is 1. The predicted octanol–water partition coefficient (Wildman–Crippen LogP) is 3.85. The van der Waals surface area contributed by atoms with Crippen LogP contribution >= 0.6 is 24.0 Å². The molecule has 1 saturated heterocycles. The Kier molecular flexibility index (Phi) is 12.5. The van der Waals surface area contributed by atoms with Crippen LogP contribution in [0.15, 0.2) is 29.3 Å². The molecule has 27 heavy (non-hydrogen) atoms. The van der Waals surface area contributed by atoms with E-state index in [-0.39, 0.29) is 24.0 Å². The second-order valence-electron chi connectivity index (χ2n) is 7.14. The number of guanidine groups is 1. The Morgan fingerprint density at radius 2 is 1.78 bits per heavy atom. The molecule has 1 heterocycles. The lowest BCUT2D eigenvalue weighted by Crippen LogP contribution is -2.38. The van der Waals surface area contributed by atoms with Crippen molar-refractivity contribution in [2.24, 2.45) is 4.99 Å². The second kappa shape index (κ2) is 14.0. The number of halogens is 1. The van der Waals surface area contributed by atoms with Gasteiger partial charge in [0.2, 0.25) is 0 Å². The van der Waals surface area contributed by atoms with Crippen molar-refractivity contribution in [2.75, 3.05) is 46.9 Å².